The molecule has 2 aliphatic rings. The molecule has 1 N–H and O–H groups in total. The van der Waals surface area contributed by atoms with Crippen LogP contribution >= 0.6 is 0 Å². The number of nitrogens with one attached hydrogen (secondary N) is 1. The normalized spacial score (nSPS) is 18.1. The minimum absolute atomic E-state index is 0.0244. The van der Waals surface area contributed by atoms with Gasteiger partial charge in [0.1, 0.15) is 17.3 Å². The number of nitrogens with zero attached hydrogens (tertiary/aromatic N) is 7. The molecule has 1 saturated heterocycles. The number of benzene rings is 1. The van der Waals surface area contributed by atoms with Gasteiger partial charge < -0.3 is 24.8 Å². The predicted octanol–water partition coefficient (Wildman–Crippen LogP) is 4.49. The molecule has 2 aliphatic heterocycles. The van der Waals surface area contributed by atoms with E-state index in [9.17, 15) is 10.1 Å². The molecule has 3 aromatic rings. The van der Waals surface area contributed by atoms with Crippen LogP contribution < -0.4 is 19.9 Å². The van der Waals surface area contributed by atoms with Crippen LogP contribution in [0, 0.1) is 10.1 Å². The molecule has 38 heavy (non-hydrogen) atoms. The summed E-state index contributed by atoms with van der Waals surface area (Å²) in [6.07, 6.45) is 5.47. The van der Waals surface area contributed by atoms with Crippen molar-refractivity contribution in [2.24, 2.45) is 0 Å². The molecule has 0 spiro atoms. The number of anilines is 5. The first-order chi connectivity index (χ1) is 18.2. The van der Waals surface area contributed by atoms with Crippen molar-refractivity contribution in [3.8, 4) is 5.75 Å². The molecule has 2 aromatic heterocycles. The maximum absolute atomic E-state index is 12.2. The summed E-state index contributed by atoms with van der Waals surface area (Å²) in [6.45, 7) is 6.64. The SMILES string of the molecule is COc1cc(N2CCC[C@@H]2CN(C)C)c([N+](=O)[O-])cc1Nc1nccc(N2CC(C)(C)c3ncccc32)n1. The number of methoxy groups -OCH3 is 1. The maximum atomic E-state index is 12.2. The van der Waals surface area contributed by atoms with Crippen molar-refractivity contribution in [1.82, 2.24) is 19.9 Å². The van der Waals surface area contributed by atoms with Crippen molar-refractivity contribution in [3.05, 3.63) is 58.5 Å². The van der Waals surface area contributed by atoms with Gasteiger partial charge in [-0.05, 0) is 45.1 Å². The lowest BCUT2D eigenvalue weighted by atomic mass is 9.91. The van der Waals surface area contributed by atoms with Gasteiger partial charge in [0.15, 0.2) is 0 Å². The average molecular weight is 519 g/mol. The zero-order chi connectivity index (χ0) is 27.0. The second kappa shape index (κ2) is 10.1. The van der Waals surface area contributed by atoms with Crippen LogP contribution in [-0.4, -0.2) is 71.7 Å². The number of fused-ring (bicyclic) bond motifs is 1. The Balaban J connectivity index is 1.47. The van der Waals surface area contributed by atoms with Gasteiger partial charge in [-0.3, -0.25) is 15.1 Å². The second-order valence-corrected chi connectivity index (χ2v) is 10.8. The fraction of sp³-hybridized carbons (Fsp3) is 0.444. The van der Waals surface area contributed by atoms with E-state index in [1.807, 2.05) is 38.5 Å². The van der Waals surface area contributed by atoms with E-state index in [2.05, 4.69) is 43.8 Å². The Bertz CT molecular complexity index is 1350. The van der Waals surface area contributed by atoms with Gasteiger partial charge in [0.2, 0.25) is 5.95 Å². The Morgan fingerprint density at radius 2 is 2.03 bits per heavy atom. The number of nitro groups is 1. The molecule has 1 fully saturated rings. The highest BCUT2D eigenvalue weighted by atomic mass is 16.6. The van der Waals surface area contributed by atoms with E-state index >= 15 is 0 Å². The molecule has 0 radical (unpaired) electrons. The Morgan fingerprint density at radius 1 is 1.21 bits per heavy atom. The van der Waals surface area contributed by atoms with E-state index in [1.54, 1.807) is 19.4 Å². The lowest BCUT2D eigenvalue weighted by Gasteiger charge is -2.29. The number of rotatable bonds is 8. The van der Waals surface area contributed by atoms with Crippen molar-refractivity contribution in [2.45, 2.75) is 38.1 Å². The second-order valence-electron chi connectivity index (χ2n) is 10.8. The molecule has 0 aliphatic carbocycles. The monoisotopic (exact) mass is 518 g/mol. The average Bonchev–Trinajstić information content (AvgIpc) is 3.45. The lowest BCUT2D eigenvalue weighted by Crippen LogP contribution is -2.37. The number of hydrogen-bond donors (Lipinski definition) is 1. The molecule has 5 rings (SSSR count). The van der Waals surface area contributed by atoms with Gasteiger partial charge in [-0.1, -0.05) is 13.8 Å². The summed E-state index contributed by atoms with van der Waals surface area (Å²) < 4.78 is 5.68. The predicted molar refractivity (Wildman–Crippen MR) is 148 cm³/mol. The standard InChI is InChI=1S/C27H34N8O3/c1-27(2)17-34(20-9-6-11-28-25(20)27)24-10-12-29-26(31-24)30-19-14-22(35(36)37)21(15-23(19)38-5)33-13-7-8-18(33)16-32(3)4/h6,9-12,14-15,18H,7-8,13,16-17H2,1-5H3,(H,29,30,31)/t18-/m1/s1. The van der Waals surface area contributed by atoms with Gasteiger partial charge in [0, 0.05) is 55.6 Å². The molecule has 11 heteroatoms. The molecule has 11 nitrogen and oxygen atoms in total. The fourth-order valence-electron chi connectivity index (χ4n) is 5.54. The van der Waals surface area contributed by atoms with Gasteiger partial charge in [0.25, 0.3) is 5.69 Å². The summed E-state index contributed by atoms with van der Waals surface area (Å²) in [5, 5.41) is 15.3. The first kappa shape index (κ1) is 25.7. The minimum Gasteiger partial charge on any atom is -0.494 e. The third-order valence-electron chi connectivity index (χ3n) is 7.19. The zero-order valence-corrected chi connectivity index (χ0v) is 22.5. The molecule has 4 heterocycles. The van der Waals surface area contributed by atoms with E-state index in [-0.39, 0.29) is 22.1 Å². The van der Waals surface area contributed by atoms with Crippen LogP contribution in [0.15, 0.2) is 42.7 Å². The van der Waals surface area contributed by atoms with E-state index in [4.69, 9.17) is 9.72 Å². The van der Waals surface area contributed by atoms with Crippen LogP contribution in [0.5, 0.6) is 5.75 Å². The van der Waals surface area contributed by atoms with Crippen LogP contribution in [0.2, 0.25) is 0 Å². The van der Waals surface area contributed by atoms with E-state index in [0.717, 1.165) is 49.7 Å². The molecule has 0 saturated carbocycles. The van der Waals surface area contributed by atoms with Crippen molar-refractivity contribution in [2.75, 3.05) is 56.0 Å². The topological polar surface area (TPSA) is 113 Å². The van der Waals surface area contributed by atoms with E-state index in [0.29, 0.717) is 23.1 Å². The first-order valence-corrected chi connectivity index (χ1v) is 12.8. The summed E-state index contributed by atoms with van der Waals surface area (Å²) in [5.74, 6) is 1.53. The molecule has 0 amide bonds. The Morgan fingerprint density at radius 3 is 2.76 bits per heavy atom. The summed E-state index contributed by atoms with van der Waals surface area (Å²) >= 11 is 0. The highest BCUT2D eigenvalue weighted by Gasteiger charge is 2.37. The number of aromatic nitrogens is 3. The summed E-state index contributed by atoms with van der Waals surface area (Å²) in [5.41, 5.74) is 2.94. The molecule has 1 aromatic carbocycles. The van der Waals surface area contributed by atoms with Gasteiger partial charge in [-0.15, -0.1) is 0 Å². The van der Waals surface area contributed by atoms with Crippen LogP contribution in [0.4, 0.5) is 34.5 Å². The number of nitro benzene ring substituents is 1. The maximum Gasteiger partial charge on any atom is 0.294 e. The molecular formula is C27H34N8O3. The van der Waals surface area contributed by atoms with Crippen LogP contribution in [0.25, 0.3) is 0 Å². The number of likely N-dealkylation sites (N-methyl/N-ethyl adjacent to an activating group) is 1. The minimum atomic E-state index is -0.335. The molecule has 200 valence electrons. The largest absolute Gasteiger partial charge is 0.494 e. The van der Waals surface area contributed by atoms with E-state index < -0.39 is 0 Å². The Kier molecular flexibility index (Phi) is 6.78. The fourth-order valence-corrected chi connectivity index (χ4v) is 5.54. The van der Waals surface area contributed by atoms with Gasteiger partial charge in [-0.25, -0.2) is 4.98 Å². The molecule has 1 atom stereocenters. The Hall–Kier alpha value is -3.99. The quantitative estimate of drug-likeness (QED) is 0.338. The lowest BCUT2D eigenvalue weighted by molar-refractivity contribution is -0.384. The summed E-state index contributed by atoms with van der Waals surface area (Å²) in [6, 6.07) is 9.29. The van der Waals surface area contributed by atoms with Crippen molar-refractivity contribution >= 4 is 34.5 Å². The molecule has 0 bridgehead atoms. The smallest absolute Gasteiger partial charge is 0.294 e. The van der Waals surface area contributed by atoms with Gasteiger partial charge >= 0.3 is 0 Å². The molecule has 0 unspecified atom stereocenters. The van der Waals surface area contributed by atoms with Crippen LogP contribution in [0.3, 0.4) is 0 Å². The first-order valence-electron chi connectivity index (χ1n) is 12.8. The number of hydrogen-bond acceptors (Lipinski definition) is 10. The zero-order valence-electron chi connectivity index (χ0n) is 22.5. The van der Waals surface area contributed by atoms with Gasteiger partial charge in [-0.2, -0.15) is 4.98 Å². The van der Waals surface area contributed by atoms with Crippen molar-refractivity contribution < 1.29 is 9.66 Å². The number of pyridine rings is 1. The summed E-state index contributed by atoms with van der Waals surface area (Å²) in [4.78, 5) is 31.9. The summed E-state index contributed by atoms with van der Waals surface area (Å²) in [7, 11) is 5.60. The highest BCUT2D eigenvalue weighted by Crippen LogP contribution is 2.44. The Labute approximate surface area is 222 Å². The number of ether oxygens (including phenoxy) is 1. The molecular weight excluding hydrogens is 484 g/mol. The van der Waals surface area contributed by atoms with Crippen molar-refractivity contribution in [1.29, 1.82) is 0 Å². The van der Waals surface area contributed by atoms with Crippen LogP contribution in [0.1, 0.15) is 32.4 Å². The highest BCUT2D eigenvalue weighted by molar-refractivity contribution is 5.77. The third kappa shape index (κ3) is 4.81. The van der Waals surface area contributed by atoms with Crippen molar-refractivity contribution in [3.63, 3.8) is 0 Å². The van der Waals surface area contributed by atoms with E-state index in [1.165, 1.54) is 6.07 Å². The van der Waals surface area contributed by atoms with Crippen LogP contribution in [-0.2, 0) is 5.41 Å². The third-order valence-corrected chi connectivity index (χ3v) is 7.19. The van der Waals surface area contributed by atoms with Gasteiger partial charge in [0.05, 0.1) is 29.1 Å².